The molecule has 0 unspecified atom stereocenters. The summed E-state index contributed by atoms with van der Waals surface area (Å²) in [5, 5.41) is 2.96. The summed E-state index contributed by atoms with van der Waals surface area (Å²) in [4.78, 5) is 36.6. The number of amides is 1. The molecule has 27 heavy (non-hydrogen) atoms. The number of fused-ring (bicyclic) bond motifs is 2. The Labute approximate surface area is 158 Å². The maximum atomic E-state index is 12.6. The summed E-state index contributed by atoms with van der Waals surface area (Å²) in [5.74, 6) is 1.46. The van der Waals surface area contributed by atoms with Crippen molar-refractivity contribution in [2.45, 2.75) is 20.8 Å². The predicted octanol–water partition coefficient (Wildman–Crippen LogP) is 2.51. The van der Waals surface area contributed by atoms with Crippen molar-refractivity contribution in [2.75, 3.05) is 41.9 Å². The Morgan fingerprint density at radius 1 is 1.37 bits per heavy atom. The van der Waals surface area contributed by atoms with Gasteiger partial charge in [-0.15, -0.1) is 0 Å². The van der Waals surface area contributed by atoms with Gasteiger partial charge in [0.05, 0.1) is 17.8 Å². The number of hydrogen-bond donors (Lipinski definition) is 1. The summed E-state index contributed by atoms with van der Waals surface area (Å²) >= 11 is 0. The van der Waals surface area contributed by atoms with Crippen LogP contribution in [0.25, 0.3) is 0 Å². The number of pyridine rings is 2. The first kappa shape index (κ1) is 18.6. The number of rotatable bonds is 5. The van der Waals surface area contributed by atoms with Crippen LogP contribution in [0.4, 0.5) is 23.1 Å². The van der Waals surface area contributed by atoms with E-state index in [1.807, 2.05) is 36.8 Å². The summed E-state index contributed by atoms with van der Waals surface area (Å²) in [6.07, 6.45) is 1.67. The fraction of sp³-hybridized carbons (Fsp3) is 0.368. The van der Waals surface area contributed by atoms with Crippen molar-refractivity contribution >= 4 is 35.0 Å². The minimum absolute atomic E-state index is 0.198. The number of nitrogens with zero attached hydrogens (tertiary/aromatic N) is 4. The quantitative estimate of drug-likeness (QED) is 0.810. The molecule has 1 N–H and O–H groups in total. The van der Waals surface area contributed by atoms with Gasteiger partial charge < -0.3 is 19.9 Å². The molecule has 0 spiro atoms. The second-order valence-electron chi connectivity index (χ2n) is 6.33. The molecule has 0 bridgehead atoms. The maximum Gasteiger partial charge on any atom is 0.302 e. The molecule has 8 nitrogen and oxygen atoms in total. The van der Waals surface area contributed by atoms with Gasteiger partial charge in [0.25, 0.3) is 5.91 Å². The van der Waals surface area contributed by atoms with Gasteiger partial charge in [0.15, 0.2) is 5.82 Å². The molecule has 0 aliphatic carbocycles. The molecule has 0 saturated carbocycles. The Kier molecular flexibility index (Phi) is 5.25. The number of esters is 1. The minimum Gasteiger partial charge on any atom is -0.464 e. The number of ether oxygens (including phenoxy) is 1. The van der Waals surface area contributed by atoms with Gasteiger partial charge in [-0.25, -0.2) is 9.97 Å². The largest absolute Gasteiger partial charge is 0.464 e. The standard InChI is InChI=1S/C19H23N5O3/c1-5-24-17-14(7-6-8-20-17)19(26)22-16-12(2)11-15(21-18(16)24)23(4)9-10-27-13(3)25/h6-8,11H,5,9-10H2,1-4H3,(H,22,26). The van der Waals surface area contributed by atoms with Crippen LogP contribution < -0.4 is 15.1 Å². The van der Waals surface area contributed by atoms with Crippen molar-refractivity contribution in [3.05, 3.63) is 35.5 Å². The van der Waals surface area contributed by atoms with E-state index in [0.717, 1.165) is 11.4 Å². The van der Waals surface area contributed by atoms with Crippen LogP contribution in [0.1, 0.15) is 29.8 Å². The minimum atomic E-state index is -0.308. The van der Waals surface area contributed by atoms with Gasteiger partial charge in [-0.3, -0.25) is 9.59 Å². The highest BCUT2D eigenvalue weighted by molar-refractivity contribution is 6.11. The average Bonchev–Trinajstić information content (AvgIpc) is 2.76. The molecule has 0 aromatic carbocycles. The van der Waals surface area contributed by atoms with Crippen LogP contribution in [0.15, 0.2) is 24.4 Å². The van der Waals surface area contributed by atoms with Crippen LogP contribution in [-0.4, -0.2) is 48.6 Å². The molecule has 2 aromatic heterocycles. The van der Waals surface area contributed by atoms with Gasteiger partial charge in [-0.2, -0.15) is 0 Å². The highest BCUT2D eigenvalue weighted by Gasteiger charge is 2.28. The van der Waals surface area contributed by atoms with Gasteiger partial charge in [0.1, 0.15) is 18.2 Å². The first-order valence-corrected chi connectivity index (χ1v) is 8.82. The van der Waals surface area contributed by atoms with Crippen LogP contribution in [0.3, 0.4) is 0 Å². The van der Waals surface area contributed by atoms with Crippen LogP contribution in [0, 0.1) is 6.92 Å². The van der Waals surface area contributed by atoms with E-state index in [-0.39, 0.29) is 18.5 Å². The highest BCUT2D eigenvalue weighted by atomic mass is 16.5. The monoisotopic (exact) mass is 369 g/mol. The fourth-order valence-electron chi connectivity index (χ4n) is 3.00. The molecule has 142 valence electrons. The lowest BCUT2D eigenvalue weighted by Gasteiger charge is -2.25. The molecule has 3 heterocycles. The third kappa shape index (κ3) is 3.69. The van der Waals surface area contributed by atoms with Crippen molar-refractivity contribution in [1.29, 1.82) is 0 Å². The number of aryl methyl sites for hydroxylation is 1. The van der Waals surface area contributed by atoms with Crippen molar-refractivity contribution in [2.24, 2.45) is 0 Å². The van der Waals surface area contributed by atoms with E-state index >= 15 is 0 Å². The molecule has 0 fully saturated rings. The smallest absolute Gasteiger partial charge is 0.302 e. The summed E-state index contributed by atoms with van der Waals surface area (Å²) in [6.45, 7) is 6.71. The summed E-state index contributed by atoms with van der Waals surface area (Å²) in [7, 11) is 1.88. The Morgan fingerprint density at radius 2 is 2.15 bits per heavy atom. The molecule has 1 aliphatic rings. The molecular formula is C19H23N5O3. The fourth-order valence-corrected chi connectivity index (χ4v) is 3.00. The van der Waals surface area contributed by atoms with Crippen molar-refractivity contribution in [3.8, 4) is 0 Å². The second-order valence-corrected chi connectivity index (χ2v) is 6.33. The summed E-state index contributed by atoms with van der Waals surface area (Å²) < 4.78 is 5.01. The maximum absolute atomic E-state index is 12.6. The lowest BCUT2D eigenvalue weighted by atomic mass is 10.2. The third-order valence-electron chi connectivity index (χ3n) is 4.40. The Balaban J connectivity index is 2.01. The molecule has 0 saturated heterocycles. The predicted molar refractivity (Wildman–Crippen MR) is 104 cm³/mol. The first-order valence-electron chi connectivity index (χ1n) is 8.82. The Hall–Kier alpha value is -3.16. The summed E-state index contributed by atoms with van der Waals surface area (Å²) in [6, 6.07) is 5.41. The van der Waals surface area contributed by atoms with Crippen LogP contribution in [-0.2, 0) is 9.53 Å². The molecular weight excluding hydrogens is 346 g/mol. The number of anilines is 4. The van der Waals surface area contributed by atoms with E-state index in [2.05, 4.69) is 10.3 Å². The number of carbonyl (C=O) groups is 2. The van der Waals surface area contributed by atoms with E-state index in [1.54, 1.807) is 18.3 Å². The van der Waals surface area contributed by atoms with Crippen LogP contribution in [0.5, 0.6) is 0 Å². The van der Waals surface area contributed by atoms with Crippen molar-refractivity contribution in [1.82, 2.24) is 9.97 Å². The second kappa shape index (κ2) is 7.61. The van der Waals surface area contributed by atoms with E-state index < -0.39 is 0 Å². The van der Waals surface area contributed by atoms with Gasteiger partial charge in [0.2, 0.25) is 0 Å². The number of carbonyl (C=O) groups excluding carboxylic acids is 2. The number of likely N-dealkylation sites (N-methyl/N-ethyl adjacent to an activating group) is 1. The van der Waals surface area contributed by atoms with E-state index in [4.69, 9.17) is 9.72 Å². The normalized spacial score (nSPS) is 12.6. The number of hydrogen-bond acceptors (Lipinski definition) is 7. The Bertz CT molecular complexity index is 884. The molecule has 3 rings (SSSR count). The Morgan fingerprint density at radius 3 is 2.85 bits per heavy atom. The zero-order chi connectivity index (χ0) is 19.6. The average molecular weight is 369 g/mol. The van der Waals surface area contributed by atoms with Crippen LogP contribution in [0.2, 0.25) is 0 Å². The van der Waals surface area contributed by atoms with E-state index in [0.29, 0.717) is 36.0 Å². The first-order chi connectivity index (χ1) is 12.9. The van der Waals surface area contributed by atoms with Gasteiger partial charge >= 0.3 is 5.97 Å². The van der Waals surface area contributed by atoms with Crippen molar-refractivity contribution < 1.29 is 14.3 Å². The van der Waals surface area contributed by atoms with Crippen molar-refractivity contribution in [3.63, 3.8) is 0 Å². The molecule has 0 radical (unpaired) electrons. The number of aromatic nitrogens is 2. The van der Waals surface area contributed by atoms with E-state index in [9.17, 15) is 9.59 Å². The molecule has 8 heteroatoms. The lowest BCUT2D eigenvalue weighted by Crippen LogP contribution is -2.26. The lowest BCUT2D eigenvalue weighted by molar-refractivity contribution is -0.140. The van der Waals surface area contributed by atoms with Gasteiger partial charge in [-0.1, -0.05) is 0 Å². The van der Waals surface area contributed by atoms with Gasteiger partial charge in [-0.05, 0) is 37.6 Å². The SMILES string of the molecule is CCN1c2ncccc2C(=O)Nc2c(C)cc(N(C)CCOC(C)=O)nc21. The zero-order valence-electron chi connectivity index (χ0n) is 15.9. The van der Waals surface area contributed by atoms with Gasteiger partial charge in [0, 0.05) is 26.7 Å². The topological polar surface area (TPSA) is 87.7 Å². The number of nitrogens with one attached hydrogen (secondary N) is 1. The molecule has 2 aromatic rings. The van der Waals surface area contributed by atoms with E-state index in [1.165, 1.54) is 6.92 Å². The zero-order valence-corrected chi connectivity index (χ0v) is 15.9. The molecule has 1 aliphatic heterocycles. The third-order valence-corrected chi connectivity index (χ3v) is 4.40. The summed E-state index contributed by atoms with van der Waals surface area (Å²) in [5.41, 5.74) is 2.09. The van der Waals surface area contributed by atoms with Crippen LogP contribution >= 0.6 is 0 Å². The highest BCUT2D eigenvalue weighted by Crippen LogP contribution is 2.38. The molecule has 0 atom stereocenters. The molecule has 1 amide bonds.